The molecule has 11 nitrogen and oxygen atoms in total. The number of imidazole rings is 1. The Kier molecular flexibility index (Phi) is 8.02. The van der Waals surface area contributed by atoms with Crippen molar-refractivity contribution in [2.24, 2.45) is 5.92 Å². The second-order valence-electron chi connectivity index (χ2n) is 11.0. The molecular formula is C32H34N8O3S. The molecule has 0 atom stereocenters. The number of nitrogens with zero attached hydrogens (tertiary/aromatic N) is 6. The molecule has 1 aliphatic heterocycles. The van der Waals surface area contributed by atoms with Crippen LogP contribution >= 0.6 is 0 Å². The van der Waals surface area contributed by atoms with Crippen LogP contribution in [-0.2, 0) is 16.6 Å². The SMILES string of the molecule is C=C(c1cc2cnc(Nc3ccc(N4CCNCC4)cc3)nc2n(Cc2nccn2S(=O)(=O)c2ccccc2)c1=O)C(C)C. The van der Waals surface area contributed by atoms with E-state index in [-0.39, 0.29) is 28.7 Å². The first-order valence-corrected chi connectivity index (χ1v) is 15.9. The van der Waals surface area contributed by atoms with Crippen molar-refractivity contribution in [2.45, 2.75) is 25.3 Å². The lowest BCUT2D eigenvalue weighted by atomic mass is 9.97. The normalized spacial score (nSPS) is 13.8. The molecule has 6 rings (SSSR count). The molecule has 5 aromatic rings. The van der Waals surface area contributed by atoms with E-state index < -0.39 is 10.0 Å². The van der Waals surface area contributed by atoms with Crippen molar-refractivity contribution in [1.29, 1.82) is 0 Å². The van der Waals surface area contributed by atoms with Gasteiger partial charge in [-0.05, 0) is 54.0 Å². The van der Waals surface area contributed by atoms with Gasteiger partial charge in [0.15, 0.2) is 0 Å². The molecule has 0 aliphatic carbocycles. The van der Waals surface area contributed by atoms with E-state index in [2.05, 4.69) is 44.2 Å². The molecule has 4 heterocycles. The second-order valence-corrected chi connectivity index (χ2v) is 12.8. The number of rotatable bonds is 9. The molecule has 0 amide bonds. The Balaban J connectivity index is 1.39. The first-order valence-electron chi connectivity index (χ1n) is 14.5. The van der Waals surface area contributed by atoms with Gasteiger partial charge in [-0.25, -0.2) is 22.4 Å². The van der Waals surface area contributed by atoms with E-state index in [4.69, 9.17) is 4.98 Å². The van der Waals surface area contributed by atoms with Gasteiger partial charge in [-0.3, -0.25) is 9.36 Å². The van der Waals surface area contributed by atoms with Crippen molar-refractivity contribution < 1.29 is 8.42 Å². The molecule has 3 aromatic heterocycles. The number of anilines is 3. The molecule has 0 spiro atoms. The zero-order valence-corrected chi connectivity index (χ0v) is 25.5. The molecule has 0 radical (unpaired) electrons. The molecule has 2 N–H and O–H groups in total. The molecule has 0 unspecified atom stereocenters. The lowest BCUT2D eigenvalue weighted by molar-refractivity contribution is 0.582. The summed E-state index contributed by atoms with van der Waals surface area (Å²) in [4.78, 5) is 30.0. The first-order chi connectivity index (χ1) is 21.2. The Bertz CT molecular complexity index is 1980. The summed E-state index contributed by atoms with van der Waals surface area (Å²) in [7, 11) is -3.94. The summed E-state index contributed by atoms with van der Waals surface area (Å²) in [5.74, 6) is 0.484. The summed E-state index contributed by atoms with van der Waals surface area (Å²) in [6, 6.07) is 17.9. The molecule has 12 heteroatoms. The summed E-state index contributed by atoms with van der Waals surface area (Å²) in [6.07, 6.45) is 4.44. The van der Waals surface area contributed by atoms with Crippen LogP contribution in [0.4, 0.5) is 17.3 Å². The maximum atomic E-state index is 14.0. The van der Waals surface area contributed by atoms with Gasteiger partial charge in [0.05, 0.1) is 11.4 Å². The number of fused-ring (bicyclic) bond motifs is 1. The second kappa shape index (κ2) is 12.1. The van der Waals surface area contributed by atoms with Gasteiger partial charge in [0.25, 0.3) is 15.6 Å². The Labute approximate surface area is 256 Å². The zero-order chi connectivity index (χ0) is 30.8. The number of allylic oxidation sites excluding steroid dienone is 1. The maximum Gasteiger partial charge on any atom is 0.269 e. The minimum Gasteiger partial charge on any atom is -0.369 e. The van der Waals surface area contributed by atoms with E-state index in [1.807, 2.05) is 26.0 Å². The average molecular weight is 611 g/mol. The standard InChI is InChI=1S/C32H34N8O3S/c1-22(2)23(3)28-19-24-20-35-32(36-25-9-11-26(12-10-25)38-16-13-33-14-17-38)37-30(24)39(31(28)41)21-29-34-15-18-40(29)44(42,43)27-7-5-4-6-8-27/h4-12,15,18-20,22,33H,3,13-14,16-17,21H2,1-2H3,(H,35,36,37). The highest BCUT2D eigenvalue weighted by atomic mass is 32.2. The minimum atomic E-state index is -3.94. The number of aromatic nitrogens is 5. The topological polar surface area (TPSA) is 127 Å². The van der Waals surface area contributed by atoms with E-state index in [9.17, 15) is 13.2 Å². The van der Waals surface area contributed by atoms with E-state index in [1.54, 1.807) is 30.5 Å². The summed E-state index contributed by atoms with van der Waals surface area (Å²) in [5.41, 5.74) is 3.03. The van der Waals surface area contributed by atoms with Crippen molar-refractivity contribution in [3.05, 3.63) is 108 Å². The molecule has 226 valence electrons. The fourth-order valence-electron chi connectivity index (χ4n) is 5.21. The van der Waals surface area contributed by atoms with Crippen LogP contribution in [0.3, 0.4) is 0 Å². The van der Waals surface area contributed by atoms with Crippen molar-refractivity contribution in [3.8, 4) is 0 Å². The highest BCUT2D eigenvalue weighted by Crippen LogP contribution is 2.25. The Morgan fingerprint density at radius 3 is 2.48 bits per heavy atom. The van der Waals surface area contributed by atoms with Gasteiger partial charge in [-0.1, -0.05) is 38.6 Å². The van der Waals surface area contributed by atoms with E-state index >= 15 is 0 Å². The molecule has 2 aromatic carbocycles. The molecule has 0 bridgehead atoms. The van der Waals surface area contributed by atoms with Crippen molar-refractivity contribution in [3.63, 3.8) is 0 Å². The lowest BCUT2D eigenvalue weighted by Crippen LogP contribution is -2.43. The average Bonchev–Trinajstić information content (AvgIpc) is 3.52. The van der Waals surface area contributed by atoms with Crippen LogP contribution in [0, 0.1) is 5.92 Å². The summed E-state index contributed by atoms with van der Waals surface area (Å²) >= 11 is 0. The van der Waals surface area contributed by atoms with E-state index in [0.717, 1.165) is 41.5 Å². The monoisotopic (exact) mass is 610 g/mol. The summed E-state index contributed by atoms with van der Waals surface area (Å²) in [6.45, 7) is 11.8. The molecule has 1 fully saturated rings. The summed E-state index contributed by atoms with van der Waals surface area (Å²) < 4.78 is 29.5. The Morgan fingerprint density at radius 1 is 1.05 bits per heavy atom. The third-order valence-corrected chi connectivity index (χ3v) is 9.47. The molecule has 0 saturated carbocycles. The number of piperazine rings is 1. The quantitative estimate of drug-likeness (QED) is 0.254. The number of benzene rings is 2. The fourth-order valence-corrected chi connectivity index (χ4v) is 6.54. The molecule has 1 saturated heterocycles. The predicted octanol–water partition coefficient (Wildman–Crippen LogP) is 4.10. The largest absolute Gasteiger partial charge is 0.369 e. The molecule has 44 heavy (non-hydrogen) atoms. The highest BCUT2D eigenvalue weighted by Gasteiger charge is 2.23. The van der Waals surface area contributed by atoms with Gasteiger partial charge in [-0.2, -0.15) is 4.98 Å². The Morgan fingerprint density at radius 2 is 1.77 bits per heavy atom. The van der Waals surface area contributed by atoms with Crippen molar-refractivity contribution in [2.75, 3.05) is 36.4 Å². The Hall–Kier alpha value is -4.81. The van der Waals surface area contributed by atoms with E-state index in [1.165, 1.54) is 29.1 Å². The first kappa shape index (κ1) is 29.3. The number of pyridine rings is 1. The maximum absolute atomic E-state index is 14.0. The third-order valence-electron chi connectivity index (χ3n) is 7.76. The third kappa shape index (κ3) is 5.73. The number of hydrogen-bond acceptors (Lipinski definition) is 9. The zero-order valence-electron chi connectivity index (χ0n) is 24.6. The minimum absolute atomic E-state index is 0.0140. The van der Waals surface area contributed by atoms with Crippen LogP contribution in [0.5, 0.6) is 0 Å². The number of hydrogen-bond donors (Lipinski definition) is 2. The van der Waals surface area contributed by atoms with Gasteiger partial charge in [-0.15, -0.1) is 0 Å². The summed E-state index contributed by atoms with van der Waals surface area (Å²) in [5, 5.41) is 7.22. The number of nitrogens with one attached hydrogen (secondary N) is 2. The van der Waals surface area contributed by atoms with Gasteiger partial charge in [0.1, 0.15) is 11.5 Å². The van der Waals surface area contributed by atoms with Crippen molar-refractivity contribution >= 4 is 44.0 Å². The van der Waals surface area contributed by atoms with Crippen LogP contribution in [0.2, 0.25) is 0 Å². The highest BCUT2D eigenvalue weighted by molar-refractivity contribution is 7.90. The van der Waals surface area contributed by atoms with Gasteiger partial charge >= 0.3 is 0 Å². The van der Waals surface area contributed by atoms with Gasteiger partial charge in [0, 0.05) is 67.1 Å². The van der Waals surface area contributed by atoms with E-state index in [0.29, 0.717) is 28.1 Å². The molecule has 1 aliphatic rings. The fraction of sp³-hybridized carbons (Fsp3) is 0.250. The molecular weight excluding hydrogens is 576 g/mol. The smallest absolute Gasteiger partial charge is 0.269 e. The van der Waals surface area contributed by atoms with Crippen LogP contribution in [0.15, 0.2) is 95.5 Å². The predicted molar refractivity (Wildman–Crippen MR) is 173 cm³/mol. The van der Waals surface area contributed by atoms with Crippen LogP contribution in [-0.4, -0.2) is 58.1 Å². The van der Waals surface area contributed by atoms with Crippen molar-refractivity contribution in [1.82, 2.24) is 28.8 Å². The van der Waals surface area contributed by atoms with Crippen LogP contribution < -0.4 is 21.1 Å². The van der Waals surface area contributed by atoms with Gasteiger partial charge in [0.2, 0.25) is 5.95 Å². The lowest BCUT2D eigenvalue weighted by Gasteiger charge is -2.29. The van der Waals surface area contributed by atoms with Crippen LogP contribution in [0.1, 0.15) is 25.2 Å². The van der Waals surface area contributed by atoms with Crippen LogP contribution in [0.25, 0.3) is 16.6 Å². The van der Waals surface area contributed by atoms with Gasteiger partial charge < -0.3 is 15.5 Å².